The monoisotopic (exact) mass is 224 g/mol. The molecule has 0 radical (unpaired) electrons. The summed E-state index contributed by atoms with van der Waals surface area (Å²) < 4.78 is 20.7. The van der Waals surface area contributed by atoms with Crippen molar-refractivity contribution in [3.05, 3.63) is 29.8 Å². The average molecular weight is 224 g/mol. The first-order valence-electron chi connectivity index (χ1n) is 3.04. The summed E-state index contributed by atoms with van der Waals surface area (Å²) >= 11 is 0. The van der Waals surface area contributed by atoms with Gasteiger partial charge in [0, 0.05) is 0 Å². The van der Waals surface area contributed by atoms with Gasteiger partial charge < -0.3 is 13.5 Å². The normalized spacial score (nSPS) is 9.31. The summed E-state index contributed by atoms with van der Waals surface area (Å²) in [6.07, 6.45) is 0. The summed E-state index contributed by atoms with van der Waals surface area (Å²) in [5.41, 5.74) is 0.0733. The van der Waals surface area contributed by atoms with Crippen LogP contribution in [-0.4, -0.2) is 11.1 Å². The van der Waals surface area contributed by atoms with Crippen LogP contribution in [0.3, 0.4) is 0 Å². The second-order valence-electron chi connectivity index (χ2n) is 2.06. The van der Waals surface area contributed by atoms with Crippen LogP contribution in [0.2, 0.25) is 0 Å². The topological polar surface area (TPSA) is 71.4 Å². The molecule has 0 spiro atoms. The zero-order valence-electron chi connectivity index (χ0n) is 6.89. The van der Waals surface area contributed by atoms with E-state index in [0.29, 0.717) is 0 Å². The fourth-order valence-electron chi connectivity index (χ4n) is 0.709. The summed E-state index contributed by atoms with van der Waals surface area (Å²) in [4.78, 5) is 10.4. The van der Waals surface area contributed by atoms with E-state index in [-0.39, 0.29) is 61.8 Å². The molecule has 0 aliphatic carbocycles. The van der Waals surface area contributed by atoms with Gasteiger partial charge in [-0.25, -0.2) is 4.79 Å². The Hall–Kier alpha value is 0.276. The van der Waals surface area contributed by atoms with E-state index >= 15 is 0 Å². The van der Waals surface area contributed by atoms with Gasteiger partial charge in [0.15, 0.2) is 0 Å². The number of carboxylic acids is 1. The van der Waals surface area contributed by atoms with E-state index in [1.807, 2.05) is 0 Å². The van der Waals surface area contributed by atoms with Gasteiger partial charge in [-0.05, 0) is 22.8 Å². The molecule has 0 atom stereocenters. The molecular weight excluding hydrogens is 219 g/mol. The zero-order chi connectivity index (χ0) is 9.14. The molecule has 0 saturated carbocycles. The number of aromatic carboxylic acids is 1. The van der Waals surface area contributed by atoms with Crippen LogP contribution in [0.5, 0.6) is 0 Å². The molecule has 0 aliphatic heterocycles. The molecule has 13 heavy (non-hydrogen) atoms. The van der Waals surface area contributed by atoms with Crippen molar-refractivity contribution in [3.8, 4) is 0 Å². The first kappa shape index (κ1) is 13.3. The van der Waals surface area contributed by atoms with Gasteiger partial charge in [-0.1, -0.05) is 17.0 Å². The van der Waals surface area contributed by atoms with Crippen molar-refractivity contribution in [1.82, 2.24) is 0 Å². The summed E-state index contributed by atoms with van der Waals surface area (Å²) in [6, 6.07) is 4.97. The van der Waals surface area contributed by atoms with Gasteiger partial charge in [0.2, 0.25) is 0 Å². The van der Waals surface area contributed by atoms with Gasteiger partial charge in [0.1, 0.15) is 0 Å². The molecule has 0 amide bonds. The van der Waals surface area contributed by atoms with Crippen molar-refractivity contribution < 1.29 is 69.7 Å². The molecule has 1 N–H and O–H groups in total. The van der Waals surface area contributed by atoms with E-state index in [9.17, 15) is 13.2 Å². The van der Waals surface area contributed by atoms with E-state index in [1.54, 1.807) is 0 Å². The van der Waals surface area contributed by atoms with Gasteiger partial charge in [0.25, 0.3) is 0 Å². The minimum atomic E-state index is -2.29. The van der Waals surface area contributed by atoms with E-state index in [0.717, 1.165) is 0 Å². The third kappa shape index (κ3) is 3.88. The SMILES string of the molecule is O=C(O)c1ccc([S-](=O)=O)cc1.[K+]. The van der Waals surface area contributed by atoms with Crippen LogP contribution >= 0.6 is 0 Å². The van der Waals surface area contributed by atoms with E-state index < -0.39 is 16.7 Å². The van der Waals surface area contributed by atoms with Gasteiger partial charge >= 0.3 is 57.4 Å². The molecule has 1 rings (SSSR count). The Bertz CT molecular complexity index is 361. The Morgan fingerprint density at radius 3 is 1.92 bits per heavy atom. The van der Waals surface area contributed by atoms with Crippen molar-refractivity contribution in [2.24, 2.45) is 0 Å². The van der Waals surface area contributed by atoms with Crippen molar-refractivity contribution in [3.63, 3.8) is 0 Å². The fourth-order valence-corrected chi connectivity index (χ4v) is 1.07. The van der Waals surface area contributed by atoms with Crippen molar-refractivity contribution >= 4 is 16.7 Å². The van der Waals surface area contributed by atoms with Crippen LogP contribution in [0.1, 0.15) is 10.4 Å². The molecule has 0 fully saturated rings. The standard InChI is InChI=1S/C7H5O4S.K/c8-7(9)5-1-3-6(4-2-5)12(10)11;/h1-4H,(H,8,9);/q-1;+1. The smallest absolute Gasteiger partial charge is 0.478 e. The zero-order valence-corrected chi connectivity index (χ0v) is 10.8. The van der Waals surface area contributed by atoms with Gasteiger partial charge in [-0.15, -0.1) is 0 Å². The molecule has 0 heterocycles. The third-order valence-corrected chi connectivity index (χ3v) is 1.95. The second-order valence-corrected chi connectivity index (χ2v) is 3.01. The molecule has 0 aromatic heterocycles. The maximum absolute atomic E-state index is 10.3. The number of carbonyl (C=O) groups is 1. The van der Waals surface area contributed by atoms with Gasteiger partial charge in [-0.2, -0.15) is 0 Å². The molecule has 0 bridgehead atoms. The predicted octanol–water partition coefficient (Wildman–Crippen LogP) is -1.94. The summed E-state index contributed by atoms with van der Waals surface area (Å²) in [7, 11) is -2.29. The van der Waals surface area contributed by atoms with Crippen LogP contribution in [0.4, 0.5) is 0 Å². The van der Waals surface area contributed by atoms with E-state index in [2.05, 4.69) is 0 Å². The summed E-state index contributed by atoms with van der Waals surface area (Å²) in [5, 5.41) is 8.46. The van der Waals surface area contributed by atoms with Crippen LogP contribution in [-0.2, 0) is 19.1 Å². The molecular formula is C7H5KO4S. The molecule has 1 aromatic carbocycles. The average Bonchev–Trinajstić information content (AvgIpc) is 2.04. The maximum atomic E-state index is 10.3. The Morgan fingerprint density at radius 1 is 1.15 bits per heavy atom. The van der Waals surface area contributed by atoms with Crippen LogP contribution in [0, 0.1) is 0 Å². The molecule has 0 saturated heterocycles. The van der Waals surface area contributed by atoms with Gasteiger partial charge in [-0.3, -0.25) is 0 Å². The molecule has 6 heteroatoms. The number of hydrogen-bond donors (Lipinski definition) is 1. The minimum absolute atomic E-state index is 0. The molecule has 4 nitrogen and oxygen atoms in total. The third-order valence-electron chi connectivity index (χ3n) is 1.29. The molecule has 64 valence electrons. The van der Waals surface area contributed by atoms with Crippen molar-refractivity contribution in [2.45, 2.75) is 4.90 Å². The Balaban J connectivity index is 0.00000144. The fraction of sp³-hybridized carbons (Fsp3) is 0. The number of rotatable bonds is 2. The minimum Gasteiger partial charge on any atom is -0.478 e. The Labute approximate surface area is 119 Å². The largest absolute Gasteiger partial charge is 1.00 e. The summed E-state index contributed by atoms with van der Waals surface area (Å²) in [5.74, 6) is -1.07. The van der Waals surface area contributed by atoms with Crippen LogP contribution < -0.4 is 51.4 Å². The first-order chi connectivity index (χ1) is 5.61. The Morgan fingerprint density at radius 2 is 1.62 bits per heavy atom. The maximum Gasteiger partial charge on any atom is 1.00 e. The van der Waals surface area contributed by atoms with Crippen molar-refractivity contribution in [1.29, 1.82) is 0 Å². The molecule has 0 aliphatic rings. The van der Waals surface area contributed by atoms with E-state index in [1.165, 1.54) is 24.3 Å². The van der Waals surface area contributed by atoms with Crippen molar-refractivity contribution in [2.75, 3.05) is 0 Å². The number of hydrogen-bond acceptors (Lipinski definition) is 4. The van der Waals surface area contributed by atoms with E-state index in [4.69, 9.17) is 5.11 Å². The number of carboxylic acid groups (broad SMARTS) is 1. The molecule has 1 aromatic rings. The first-order valence-corrected chi connectivity index (χ1v) is 4.11. The number of benzene rings is 1. The van der Waals surface area contributed by atoms with Crippen LogP contribution in [0.25, 0.3) is 0 Å². The Kier molecular flexibility index (Phi) is 6.02. The van der Waals surface area contributed by atoms with Crippen LogP contribution in [0.15, 0.2) is 29.2 Å². The summed E-state index contributed by atoms with van der Waals surface area (Å²) in [6.45, 7) is 0. The second kappa shape index (κ2) is 5.89. The molecule has 0 unspecified atom stereocenters. The quantitative estimate of drug-likeness (QED) is 0.468. The predicted molar refractivity (Wildman–Crippen MR) is 40.4 cm³/mol. The van der Waals surface area contributed by atoms with Gasteiger partial charge in [0.05, 0.1) is 5.56 Å².